The number of carbonyl (C=O) groups is 1. The number of carbonyl (C=O) groups excluding carboxylic acids is 1. The minimum atomic E-state index is -0.450. The lowest BCUT2D eigenvalue weighted by molar-refractivity contribution is -0.110. The molecule has 2 aromatic rings. The summed E-state index contributed by atoms with van der Waals surface area (Å²) in [5.74, 6) is -0.450. The molecule has 0 spiro atoms. The first-order valence-electron chi connectivity index (χ1n) is 6.28. The molecule has 0 aliphatic carbocycles. The molecule has 0 aliphatic heterocycles. The van der Waals surface area contributed by atoms with Gasteiger partial charge >= 0.3 is 0 Å². The largest absolute Gasteiger partial charge is 0.342 e. The number of hydrogen-bond donors (Lipinski definition) is 2. The summed E-state index contributed by atoms with van der Waals surface area (Å²) in [6.45, 7) is 1.96. The Morgan fingerprint density at radius 3 is 2.62 bits per heavy atom. The number of nitrogens with zero attached hydrogens (tertiary/aromatic N) is 1. The highest BCUT2D eigenvalue weighted by atomic mass is 32.1. The summed E-state index contributed by atoms with van der Waals surface area (Å²) in [5.41, 5.74) is 2.66. The average molecular weight is 295 g/mol. The Morgan fingerprint density at radius 2 is 1.90 bits per heavy atom. The first-order chi connectivity index (χ1) is 10.1. The van der Waals surface area contributed by atoms with E-state index in [9.17, 15) is 4.79 Å². The molecule has 2 N–H and O–H groups in total. The van der Waals surface area contributed by atoms with Crippen molar-refractivity contribution in [2.75, 3.05) is 10.6 Å². The molecule has 5 heteroatoms. The van der Waals surface area contributed by atoms with Gasteiger partial charge in [-0.1, -0.05) is 36.5 Å². The van der Waals surface area contributed by atoms with Gasteiger partial charge in [0.1, 0.15) is 6.07 Å². The van der Waals surface area contributed by atoms with Gasteiger partial charge in [-0.3, -0.25) is 4.79 Å². The second-order valence-electron chi connectivity index (χ2n) is 4.44. The van der Waals surface area contributed by atoms with Gasteiger partial charge in [0.25, 0.3) is 5.91 Å². The monoisotopic (exact) mass is 295 g/mol. The highest BCUT2D eigenvalue weighted by molar-refractivity contribution is 7.82. The number of nitrogens with one attached hydrogen (secondary N) is 2. The van der Waals surface area contributed by atoms with Crippen LogP contribution in [-0.4, -0.2) is 10.9 Å². The van der Waals surface area contributed by atoms with Gasteiger partial charge in [-0.2, -0.15) is 5.26 Å². The molecule has 0 aliphatic rings. The summed E-state index contributed by atoms with van der Waals surface area (Å²) in [7, 11) is 0. The van der Waals surface area contributed by atoms with Crippen molar-refractivity contribution in [2.24, 2.45) is 0 Å². The van der Waals surface area contributed by atoms with Gasteiger partial charge in [0.05, 0.1) is 11.3 Å². The predicted molar refractivity (Wildman–Crippen MR) is 87.2 cm³/mol. The van der Waals surface area contributed by atoms with E-state index in [0.29, 0.717) is 11.3 Å². The molecule has 0 atom stereocenters. The Labute approximate surface area is 128 Å². The third-order valence-corrected chi connectivity index (χ3v) is 3.07. The SMILES string of the molecule is Cc1cccc(NC(=S)C(=O)Nc2ccccc2C#N)c1. The zero-order valence-corrected chi connectivity index (χ0v) is 12.2. The Balaban J connectivity index is 2.07. The summed E-state index contributed by atoms with van der Waals surface area (Å²) < 4.78 is 0. The van der Waals surface area contributed by atoms with Crippen LogP contribution in [0.4, 0.5) is 11.4 Å². The lowest BCUT2D eigenvalue weighted by Gasteiger charge is -2.10. The molecule has 0 radical (unpaired) electrons. The standard InChI is InChI=1S/C16H13N3OS/c1-11-5-4-7-13(9-11)18-16(21)15(20)19-14-8-3-2-6-12(14)10-17/h2-9H,1H3,(H,18,21)(H,19,20). The summed E-state index contributed by atoms with van der Waals surface area (Å²) in [4.78, 5) is 12.1. The van der Waals surface area contributed by atoms with Crippen LogP contribution in [0.15, 0.2) is 48.5 Å². The van der Waals surface area contributed by atoms with E-state index in [1.807, 2.05) is 37.3 Å². The molecule has 0 heterocycles. The van der Waals surface area contributed by atoms with Gasteiger partial charge in [-0.25, -0.2) is 0 Å². The molecule has 2 aromatic carbocycles. The first kappa shape index (κ1) is 14.7. The fourth-order valence-electron chi connectivity index (χ4n) is 1.78. The van der Waals surface area contributed by atoms with Gasteiger partial charge < -0.3 is 10.6 Å². The molecular weight excluding hydrogens is 282 g/mol. The fraction of sp³-hybridized carbons (Fsp3) is 0.0625. The Hall–Kier alpha value is -2.71. The molecule has 0 aromatic heterocycles. The van der Waals surface area contributed by atoms with Crippen LogP contribution in [0, 0.1) is 18.3 Å². The smallest absolute Gasteiger partial charge is 0.283 e. The second-order valence-corrected chi connectivity index (χ2v) is 4.84. The third kappa shape index (κ3) is 3.88. The van der Waals surface area contributed by atoms with E-state index in [0.717, 1.165) is 11.3 Å². The van der Waals surface area contributed by atoms with Crippen molar-refractivity contribution in [3.8, 4) is 6.07 Å². The number of hydrogen-bond acceptors (Lipinski definition) is 3. The van der Waals surface area contributed by atoms with E-state index < -0.39 is 5.91 Å². The number of benzene rings is 2. The van der Waals surface area contributed by atoms with E-state index in [2.05, 4.69) is 10.6 Å². The minimum Gasteiger partial charge on any atom is -0.342 e. The number of nitriles is 1. The van der Waals surface area contributed by atoms with Gasteiger partial charge in [-0.05, 0) is 36.8 Å². The molecule has 2 rings (SSSR count). The zero-order valence-electron chi connectivity index (χ0n) is 11.4. The van der Waals surface area contributed by atoms with Gasteiger partial charge in [0, 0.05) is 5.69 Å². The van der Waals surface area contributed by atoms with Crippen molar-refractivity contribution in [1.29, 1.82) is 5.26 Å². The number of amides is 1. The first-order valence-corrected chi connectivity index (χ1v) is 6.69. The average Bonchev–Trinajstić information content (AvgIpc) is 2.47. The highest BCUT2D eigenvalue weighted by Gasteiger charge is 2.11. The van der Waals surface area contributed by atoms with E-state index in [4.69, 9.17) is 17.5 Å². The lowest BCUT2D eigenvalue weighted by Crippen LogP contribution is -2.27. The van der Waals surface area contributed by atoms with Crippen LogP contribution >= 0.6 is 12.2 Å². The van der Waals surface area contributed by atoms with Crippen LogP contribution in [0.1, 0.15) is 11.1 Å². The van der Waals surface area contributed by atoms with Crippen LogP contribution in [0.2, 0.25) is 0 Å². The van der Waals surface area contributed by atoms with E-state index >= 15 is 0 Å². The van der Waals surface area contributed by atoms with Crippen molar-refractivity contribution in [3.63, 3.8) is 0 Å². The number of anilines is 2. The van der Waals surface area contributed by atoms with Crippen LogP contribution < -0.4 is 10.6 Å². The molecule has 0 saturated heterocycles. The highest BCUT2D eigenvalue weighted by Crippen LogP contribution is 2.14. The number of rotatable bonds is 2. The predicted octanol–water partition coefficient (Wildman–Crippen LogP) is 3.24. The number of thiocarbonyl (C=S) groups is 1. The topological polar surface area (TPSA) is 64.9 Å². The fourth-order valence-corrected chi connectivity index (χ4v) is 1.95. The van der Waals surface area contributed by atoms with Crippen molar-refractivity contribution in [3.05, 3.63) is 59.7 Å². The van der Waals surface area contributed by atoms with E-state index in [-0.39, 0.29) is 4.99 Å². The maximum absolute atomic E-state index is 12.0. The van der Waals surface area contributed by atoms with Crippen molar-refractivity contribution < 1.29 is 4.79 Å². The minimum absolute atomic E-state index is 0.0494. The molecule has 0 fully saturated rings. The molecule has 21 heavy (non-hydrogen) atoms. The summed E-state index contributed by atoms with van der Waals surface area (Å²) >= 11 is 5.07. The zero-order chi connectivity index (χ0) is 15.2. The summed E-state index contributed by atoms with van der Waals surface area (Å²) in [6.07, 6.45) is 0. The Kier molecular flexibility index (Phi) is 4.64. The second kappa shape index (κ2) is 6.64. The number of aryl methyl sites for hydroxylation is 1. The molecule has 0 saturated carbocycles. The summed E-state index contributed by atoms with van der Waals surface area (Å²) in [6, 6.07) is 16.3. The van der Waals surface area contributed by atoms with Crippen molar-refractivity contribution in [2.45, 2.75) is 6.92 Å². The van der Waals surface area contributed by atoms with Crippen LogP contribution in [0.3, 0.4) is 0 Å². The van der Waals surface area contributed by atoms with E-state index in [1.165, 1.54) is 0 Å². The van der Waals surface area contributed by atoms with E-state index in [1.54, 1.807) is 24.3 Å². The van der Waals surface area contributed by atoms with Crippen molar-refractivity contribution >= 4 is 34.5 Å². The quantitative estimate of drug-likeness (QED) is 0.835. The van der Waals surface area contributed by atoms with Crippen LogP contribution in [0.5, 0.6) is 0 Å². The van der Waals surface area contributed by atoms with Gasteiger partial charge in [0.2, 0.25) is 0 Å². The Morgan fingerprint density at radius 1 is 1.14 bits per heavy atom. The molecule has 0 unspecified atom stereocenters. The number of para-hydroxylation sites is 1. The lowest BCUT2D eigenvalue weighted by atomic mass is 10.2. The van der Waals surface area contributed by atoms with Crippen LogP contribution in [-0.2, 0) is 4.79 Å². The maximum Gasteiger partial charge on any atom is 0.283 e. The Bertz CT molecular complexity index is 734. The molecule has 4 nitrogen and oxygen atoms in total. The normalized spacial score (nSPS) is 9.52. The molecule has 104 valence electrons. The third-order valence-electron chi connectivity index (χ3n) is 2.78. The summed E-state index contributed by atoms with van der Waals surface area (Å²) in [5, 5.41) is 14.5. The maximum atomic E-state index is 12.0. The van der Waals surface area contributed by atoms with Gasteiger partial charge in [-0.15, -0.1) is 0 Å². The van der Waals surface area contributed by atoms with Crippen molar-refractivity contribution in [1.82, 2.24) is 0 Å². The molecule has 1 amide bonds. The molecular formula is C16H13N3OS. The van der Waals surface area contributed by atoms with Crippen LogP contribution in [0.25, 0.3) is 0 Å². The van der Waals surface area contributed by atoms with Gasteiger partial charge in [0.15, 0.2) is 4.99 Å². The molecule has 0 bridgehead atoms.